The number of aromatic carboxylic acids is 1. The van der Waals surface area contributed by atoms with Crippen LogP contribution in [0.4, 0.5) is 5.82 Å². The van der Waals surface area contributed by atoms with Gasteiger partial charge in [-0.2, -0.15) is 0 Å². The topological polar surface area (TPSA) is 76.2 Å². The molecule has 0 unspecified atom stereocenters. The molecule has 1 heterocycles. The summed E-state index contributed by atoms with van der Waals surface area (Å²) in [7, 11) is 0. The average molecular weight is 192 g/mol. The summed E-state index contributed by atoms with van der Waals surface area (Å²) in [4.78, 5) is 14.9. The number of rotatable bonds is 1. The van der Waals surface area contributed by atoms with Crippen LogP contribution in [-0.2, 0) is 12.8 Å². The van der Waals surface area contributed by atoms with Gasteiger partial charge < -0.3 is 10.8 Å². The SMILES string of the molecule is Nc1ncc2c(c1C(=O)O)CCCC2. The fraction of sp³-hybridized carbons (Fsp3) is 0.400. The van der Waals surface area contributed by atoms with Crippen molar-refractivity contribution in [2.45, 2.75) is 25.7 Å². The molecule has 0 bridgehead atoms. The standard InChI is InChI=1S/C10H12N2O2/c11-9-8(10(13)14)7-4-2-1-3-6(7)5-12-9/h5H,1-4H2,(H2,11,12)(H,13,14). The molecule has 0 saturated carbocycles. The number of hydrogen-bond acceptors (Lipinski definition) is 3. The molecule has 1 aromatic heterocycles. The van der Waals surface area contributed by atoms with Gasteiger partial charge in [0.25, 0.3) is 0 Å². The Bertz CT molecular complexity index is 388. The Morgan fingerprint density at radius 2 is 2.14 bits per heavy atom. The first kappa shape index (κ1) is 8.99. The van der Waals surface area contributed by atoms with Crippen molar-refractivity contribution in [2.75, 3.05) is 5.73 Å². The van der Waals surface area contributed by atoms with Crippen LogP contribution in [0.2, 0.25) is 0 Å². The van der Waals surface area contributed by atoms with E-state index in [0.717, 1.165) is 36.8 Å². The Hall–Kier alpha value is -1.58. The lowest BCUT2D eigenvalue weighted by Crippen LogP contribution is -2.14. The first-order valence-electron chi connectivity index (χ1n) is 4.69. The van der Waals surface area contributed by atoms with Crippen molar-refractivity contribution in [2.24, 2.45) is 0 Å². The summed E-state index contributed by atoms with van der Waals surface area (Å²) in [5.41, 5.74) is 7.69. The quantitative estimate of drug-likeness (QED) is 0.701. The van der Waals surface area contributed by atoms with Crippen LogP contribution in [0.3, 0.4) is 0 Å². The van der Waals surface area contributed by atoms with Crippen molar-refractivity contribution < 1.29 is 9.90 Å². The summed E-state index contributed by atoms with van der Waals surface area (Å²) in [5, 5.41) is 9.00. The van der Waals surface area contributed by atoms with Crippen molar-refractivity contribution in [1.29, 1.82) is 0 Å². The van der Waals surface area contributed by atoms with Gasteiger partial charge in [-0.05, 0) is 36.8 Å². The number of carboxylic acid groups (broad SMARTS) is 1. The van der Waals surface area contributed by atoms with Gasteiger partial charge in [-0.15, -0.1) is 0 Å². The van der Waals surface area contributed by atoms with Gasteiger partial charge >= 0.3 is 5.97 Å². The molecular weight excluding hydrogens is 180 g/mol. The first-order valence-corrected chi connectivity index (χ1v) is 4.69. The van der Waals surface area contributed by atoms with Gasteiger partial charge in [0.1, 0.15) is 11.4 Å². The number of carboxylic acids is 1. The van der Waals surface area contributed by atoms with Gasteiger partial charge in [0.05, 0.1) is 0 Å². The number of anilines is 1. The highest BCUT2D eigenvalue weighted by molar-refractivity contribution is 5.94. The van der Waals surface area contributed by atoms with Crippen LogP contribution in [-0.4, -0.2) is 16.1 Å². The molecule has 14 heavy (non-hydrogen) atoms. The number of aryl methyl sites for hydroxylation is 1. The van der Waals surface area contributed by atoms with E-state index in [0.29, 0.717) is 0 Å². The second kappa shape index (κ2) is 3.29. The van der Waals surface area contributed by atoms with E-state index < -0.39 is 5.97 Å². The molecule has 3 N–H and O–H groups in total. The van der Waals surface area contributed by atoms with Gasteiger partial charge in [-0.3, -0.25) is 0 Å². The zero-order valence-corrected chi connectivity index (χ0v) is 7.79. The summed E-state index contributed by atoms with van der Waals surface area (Å²) in [6, 6.07) is 0. The van der Waals surface area contributed by atoms with E-state index in [2.05, 4.69) is 4.98 Å². The number of nitrogens with two attached hydrogens (primary N) is 1. The molecule has 74 valence electrons. The van der Waals surface area contributed by atoms with Crippen LogP contribution < -0.4 is 5.73 Å². The minimum atomic E-state index is -0.964. The maximum Gasteiger partial charge on any atom is 0.339 e. The summed E-state index contributed by atoms with van der Waals surface area (Å²) < 4.78 is 0. The molecule has 1 aliphatic rings. The lowest BCUT2D eigenvalue weighted by atomic mass is 9.90. The molecule has 1 aromatic rings. The lowest BCUT2D eigenvalue weighted by molar-refractivity contribution is 0.0696. The van der Waals surface area contributed by atoms with Crippen LogP contribution in [0.25, 0.3) is 0 Å². The molecule has 0 aliphatic heterocycles. The maximum absolute atomic E-state index is 11.0. The van der Waals surface area contributed by atoms with Crippen molar-refractivity contribution in [3.63, 3.8) is 0 Å². The van der Waals surface area contributed by atoms with Gasteiger partial charge in [-0.1, -0.05) is 0 Å². The van der Waals surface area contributed by atoms with Crippen LogP contribution in [0.5, 0.6) is 0 Å². The Labute approximate surface area is 81.8 Å². The van der Waals surface area contributed by atoms with Crippen LogP contribution in [0.1, 0.15) is 34.3 Å². The molecule has 0 amide bonds. The Balaban J connectivity index is 2.60. The van der Waals surface area contributed by atoms with Crippen molar-refractivity contribution in [3.8, 4) is 0 Å². The summed E-state index contributed by atoms with van der Waals surface area (Å²) in [5.74, 6) is -0.827. The molecule has 4 heteroatoms. The van der Waals surface area contributed by atoms with E-state index in [1.807, 2.05) is 0 Å². The normalized spacial score (nSPS) is 14.9. The van der Waals surface area contributed by atoms with E-state index in [1.54, 1.807) is 6.20 Å². The number of nitrogen functional groups attached to an aromatic ring is 1. The van der Waals surface area contributed by atoms with E-state index in [4.69, 9.17) is 10.8 Å². The van der Waals surface area contributed by atoms with E-state index in [9.17, 15) is 4.79 Å². The summed E-state index contributed by atoms with van der Waals surface area (Å²) in [6.07, 6.45) is 5.58. The summed E-state index contributed by atoms with van der Waals surface area (Å²) in [6.45, 7) is 0. The number of nitrogens with zero attached hydrogens (tertiary/aromatic N) is 1. The van der Waals surface area contributed by atoms with E-state index in [-0.39, 0.29) is 11.4 Å². The molecule has 0 radical (unpaired) electrons. The minimum absolute atomic E-state index is 0.137. The number of aromatic nitrogens is 1. The van der Waals surface area contributed by atoms with E-state index in [1.165, 1.54) is 0 Å². The smallest absolute Gasteiger partial charge is 0.339 e. The molecule has 4 nitrogen and oxygen atoms in total. The van der Waals surface area contributed by atoms with Crippen molar-refractivity contribution in [1.82, 2.24) is 4.98 Å². The van der Waals surface area contributed by atoms with E-state index >= 15 is 0 Å². The van der Waals surface area contributed by atoms with Gasteiger partial charge in [0.2, 0.25) is 0 Å². The van der Waals surface area contributed by atoms with Crippen LogP contribution in [0, 0.1) is 0 Å². The highest BCUT2D eigenvalue weighted by atomic mass is 16.4. The molecular formula is C10H12N2O2. The third kappa shape index (κ3) is 1.32. The molecule has 2 rings (SSSR count). The van der Waals surface area contributed by atoms with Gasteiger partial charge in [-0.25, -0.2) is 9.78 Å². The molecule has 0 aromatic carbocycles. The Kier molecular flexibility index (Phi) is 2.11. The molecule has 0 fully saturated rings. The number of pyridine rings is 1. The monoisotopic (exact) mass is 192 g/mol. The fourth-order valence-electron chi connectivity index (χ4n) is 1.96. The second-order valence-electron chi connectivity index (χ2n) is 3.53. The third-order valence-electron chi connectivity index (χ3n) is 2.64. The third-order valence-corrected chi connectivity index (χ3v) is 2.64. The second-order valence-corrected chi connectivity index (χ2v) is 3.53. The van der Waals surface area contributed by atoms with Crippen molar-refractivity contribution >= 4 is 11.8 Å². The van der Waals surface area contributed by atoms with Crippen LogP contribution >= 0.6 is 0 Å². The number of carbonyl (C=O) groups is 1. The zero-order chi connectivity index (χ0) is 10.1. The average Bonchev–Trinajstić information content (AvgIpc) is 2.17. The summed E-state index contributed by atoms with van der Waals surface area (Å²) >= 11 is 0. The Morgan fingerprint density at radius 1 is 1.43 bits per heavy atom. The number of hydrogen-bond donors (Lipinski definition) is 2. The minimum Gasteiger partial charge on any atom is -0.478 e. The fourth-order valence-corrected chi connectivity index (χ4v) is 1.96. The van der Waals surface area contributed by atoms with Gasteiger partial charge in [0, 0.05) is 6.20 Å². The van der Waals surface area contributed by atoms with Crippen LogP contribution in [0.15, 0.2) is 6.20 Å². The zero-order valence-electron chi connectivity index (χ0n) is 7.79. The predicted octanol–water partition coefficient (Wildman–Crippen LogP) is 1.24. The Morgan fingerprint density at radius 3 is 2.86 bits per heavy atom. The maximum atomic E-state index is 11.0. The van der Waals surface area contributed by atoms with Crippen molar-refractivity contribution in [3.05, 3.63) is 22.9 Å². The highest BCUT2D eigenvalue weighted by Gasteiger charge is 2.20. The highest BCUT2D eigenvalue weighted by Crippen LogP contribution is 2.26. The van der Waals surface area contributed by atoms with Gasteiger partial charge in [0.15, 0.2) is 0 Å². The molecule has 0 saturated heterocycles. The molecule has 0 atom stereocenters. The number of fused-ring (bicyclic) bond motifs is 1. The molecule has 1 aliphatic carbocycles. The first-order chi connectivity index (χ1) is 6.70. The largest absolute Gasteiger partial charge is 0.478 e. The lowest BCUT2D eigenvalue weighted by Gasteiger charge is -2.17. The molecule has 0 spiro atoms. The predicted molar refractivity (Wildman–Crippen MR) is 52.3 cm³/mol.